The van der Waals surface area contributed by atoms with Crippen LogP contribution < -0.4 is 5.73 Å². The molecule has 3 N–H and O–H groups in total. The van der Waals surface area contributed by atoms with Crippen molar-refractivity contribution in [2.75, 3.05) is 7.05 Å². The van der Waals surface area contributed by atoms with E-state index in [1.165, 1.54) is 0 Å². The summed E-state index contributed by atoms with van der Waals surface area (Å²) >= 11 is 0. The van der Waals surface area contributed by atoms with E-state index < -0.39 is 5.54 Å². The second-order valence-corrected chi connectivity index (χ2v) is 4.63. The Morgan fingerprint density at radius 2 is 2.31 bits per heavy atom. The summed E-state index contributed by atoms with van der Waals surface area (Å²) in [7, 11) is 1.79. The zero-order chi connectivity index (χ0) is 11.6. The highest BCUT2D eigenvalue weighted by Gasteiger charge is 2.38. The van der Waals surface area contributed by atoms with Crippen molar-refractivity contribution >= 4 is 5.91 Å². The second-order valence-electron chi connectivity index (χ2n) is 4.63. The fourth-order valence-electron chi connectivity index (χ4n) is 2.31. The van der Waals surface area contributed by atoms with Gasteiger partial charge >= 0.3 is 0 Å². The number of nitrogens with one attached hydrogen (secondary N) is 1. The summed E-state index contributed by atoms with van der Waals surface area (Å²) in [6.07, 6.45) is 7.25. The van der Waals surface area contributed by atoms with E-state index in [0.717, 1.165) is 31.2 Å². The zero-order valence-electron chi connectivity index (χ0n) is 9.57. The number of nitrogens with two attached hydrogens (primary N) is 1. The largest absolute Gasteiger partial charge is 0.340 e. The van der Waals surface area contributed by atoms with Gasteiger partial charge in [-0.05, 0) is 12.8 Å². The highest BCUT2D eigenvalue weighted by Crippen LogP contribution is 2.28. The number of carbonyl (C=O) groups excluding carboxylic acids is 1. The molecule has 0 aromatic carbocycles. The molecule has 0 unspecified atom stereocenters. The predicted octanol–water partition coefficient (Wildman–Crippen LogP) is 0.640. The molecule has 88 valence electrons. The Kier molecular flexibility index (Phi) is 2.96. The number of aromatic amines is 1. The lowest BCUT2D eigenvalue weighted by Gasteiger charge is -2.28. The van der Waals surface area contributed by atoms with E-state index in [9.17, 15) is 4.79 Å². The molecular weight excluding hydrogens is 204 g/mol. The lowest BCUT2D eigenvalue weighted by molar-refractivity contribution is -0.136. The van der Waals surface area contributed by atoms with Gasteiger partial charge in [0.2, 0.25) is 5.91 Å². The van der Waals surface area contributed by atoms with Crippen molar-refractivity contribution in [3.05, 3.63) is 18.0 Å². The lowest BCUT2D eigenvalue weighted by atomic mass is 9.97. The number of amides is 1. The normalized spacial score (nSPS) is 18.6. The number of carbonyl (C=O) groups is 1. The first-order valence-electron chi connectivity index (χ1n) is 5.64. The Labute approximate surface area is 95.0 Å². The van der Waals surface area contributed by atoms with Crippen molar-refractivity contribution in [2.24, 2.45) is 5.73 Å². The van der Waals surface area contributed by atoms with Crippen LogP contribution >= 0.6 is 0 Å². The maximum absolute atomic E-state index is 12.2. The summed E-state index contributed by atoms with van der Waals surface area (Å²) in [6.45, 7) is 0.564. The monoisotopic (exact) mass is 222 g/mol. The second kappa shape index (κ2) is 4.25. The molecule has 1 aromatic rings. The number of rotatable bonds is 3. The van der Waals surface area contributed by atoms with Crippen LogP contribution in [-0.2, 0) is 11.3 Å². The maximum Gasteiger partial charge on any atom is 0.242 e. The zero-order valence-corrected chi connectivity index (χ0v) is 9.57. The SMILES string of the molecule is CN(Cc1cn[nH]c1)C(=O)C1(N)CCCC1. The molecule has 1 amide bonds. The topological polar surface area (TPSA) is 75.0 Å². The molecule has 0 radical (unpaired) electrons. The van der Waals surface area contributed by atoms with Crippen LogP contribution in [0.25, 0.3) is 0 Å². The fraction of sp³-hybridized carbons (Fsp3) is 0.636. The van der Waals surface area contributed by atoms with Gasteiger partial charge in [-0.15, -0.1) is 0 Å². The van der Waals surface area contributed by atoms with Crippen LogP contribution in [0.1, 0.15) is 31.2 Å². The molecular formula is C11H18N4O. The third-order valence-electron chi connectivity index (χ3n) is 3.24. The van der Waals surface area contributed by atoms with Gasteiger partial charge in [-0.25, -0.2) is 0 Å². The molecule has 5 heteroatoms. The third-order valence-corrected chi connectivity index (χ3v) is 3.24. The first-order chi connectivity index (χ1) is 7.62. The van der Waals surface area contributed by atoms with E-state index in [2.05, 4.69) is 10.2 Å². The van der Waals surface area contributed by atoms with Gasteiger partial charge in [-0.1, -0.05) is 12.8 Å². The van der Waals surface area contributed by atoms with Crippen molar-refractivity contribution in [3.63, 3.8) is 0 Å². The van der Waals surface area contributed by atoms with E-state index in [1.807, 2.05) is 0 Å². The van der Waals surface area contributed by atoms with Gasteiger partial charge in [0.1, 0.15) is 0 Å². The van der Waals surface area contributed by atoms with Crippen LogP contribution in [0.15, 0.2) is 12.4 Å². The quantitative estimate of drug-likeness (QED) is 0.788. The fourth-order valence-corrected chi connectivity index (χ4v) is 2.31. The van der Waals surface area contributed by atoms with E-state index in [1.54, 1.807) is 24.3 Å². The first kappa shape index (κ1) is 11.1. The Balaban J connectivity index is 1.99. The molecule has 0 spiro atoms. The van der Waals surface area contributed by atoms with E-state index in [4.69, 9.17) is 5.73 Å². The van der Waals surface area contributed by atoms with Crippen molar-refractivity contribution in [2.45, 2.75) is 37.8 Å². The number of hydrogen-bond donors (Lipinski definition) is 2. The molecule has 1 aliphatic carbocycles. The molecule has 5 nitrogen and oxygen atoms in total. The number of hydrogen-bond acceptors (Lipinski definition) is 3. The Morgan fingerprint density at radius 3 is 2.88 bits per heavy atom. The summed E-state index contributed by atoms with van der Waals surface area (Å²) in [5.74, 6) is 0.0474. The summed E-state index contributed by atoms with van der Waals surface area (Å²) in [4.78, 5) is 13.9. The summed E-state index contributed by atoms with van der Waals surface area (Å²) < 4.78 is 0. The minimum absolute atomic E-state index is 0.0474. The molecule has 1 aromatic heterocycles. The standard InChI is InChI=1S/C11H18N4O/c1-15(8-9-6-13-14-7-9)10(16)11(12)4-2-3-5-11/h6-7H,2-5,8,12H2,1H3,(H,13,14). The summed E-state index contributed by atoms with van der Waals surface area (Å²) in [6, 6.07) is 0. The molecule has 16 heavy (non-hydrogen) atoms. The highest BCUT2D eigenvalue weighted by atomic mass is 16.2. The van der Waals surface area contributed by atoms with Gasteiger partial charge in [-0.3, -0.25) is 9.89 Å². The Hall–Kier alpha value is -1.36. The van der Waals surface area contributed by atoms with E-state index in [0.29, 0.717) is 6.54 Å². The van der Waals surface area contributed by atoms with Crippen molar-refractivity contribution in [3.8, 4) is 0 Å². The van der Waals surface area contributed by atoms with Crippen LogP contribution in [0.2, 0.25) is 0 Å². The number of H-pyrrole nitrogens is 1. The number of nitrogens with zero attached hydrogens (tertiary/aromatic N) is 2. The minimum atomic E-state index is -0.627. The number of likely N-dealkylation sites (N-methyl/N-ethyl adjacent to an activating group) is 1. The molecule has 1 fully saturated rings. The number of aromatic nitrogens is 2. The molecule has 0 saturated heterocycles. The lowest BCUT2D eigenvalue weighted by Crippen LogP contribution is -2.52. The average Bonchev–Trinajstić information content (AvgIpc) is 2.89. The van der Waals surface area contributed by atoms with Crippen molar-refractivity contribution in [1.29, 1.82) is 0 Å². The van der Waals surface area contributed by atoms with Gasteiger partial charge in [0.25, 0.3) is 0 Å². The van der Waals surface area contributed by atoms with Crippen LogP contribution in [-0.4, -0.2) is 33.6 Å². The van der Waals surface area contributed by atoms with Gasteiger partial charge < -0.3 is 10.6 Å². The Morgan fingerprint density at radius 1 is 1.62 bits per heavy atom. The maximum atomic E-state index is 12.2. The van der Waals surface area contributed by atoms with Gasteiger partial charge in [0.05, 0.1) is 11.7 Å². The first-order valence-corrected chi connectivity index (χ1v) is 5.64. The molecule has 0 atom stereocenters. The molecule has 1 heterocycles. The average molecular weight is 222 g/mol. The van der Waals surface area contributed by atoms with Crippen molar-refractivity contribution in [1.82, 2.24) is 15.1 Å². The van der Waals surface area contributed by atoms with Crippen molar-refractivity contribution < 1.29 is 4.79 Å². The smallest absolute Gasteiger partial charge is 0.242 e. The van der Waals surface area contributed by atoms with Gasteiger partial charge in [0, 0.05) is 25.4 Å². The van der Waals surface area contributed by atoms with Crippen LogP contribution in [0, 0.1) is 0 Å². The van der Waals surface area contributed by atoms with Gasteiger partial charge in [-0.2, -0.15) is 5.10 Å². The van der Waals surface area contributed by atoms with E-state index in [-0.39, 0.29) is 5.91 Å². The molecule has 0 aliphatic heterocycles. The summed E-state index contributed by atoms with van der Waals surface area (Å²) in [5.41, 5.74) is 6.49. The molecule has 1 aliphatic rings. The van der Waals surface area contributed by atoms with Gasteiger partial charge in [0.15, 0.2) is 0 Å². The van der Waals surface area contributed by atoms with Crippen LogP contribution in [0.5, 0.6) is 0 Å². The predicted molar refractivity (Wildman–Crippen MR) is 60.4 cm³/mol. The minimum Gasteiger partial charge on any atom is -0.340 e. The van der Waals surface area contributed by atoms with E-state index >= 15 is 0 Å². The molecule has 0 bridgehead atoms. The summed E-state index contributed by atoms with van der Waals surface area (Å²) in [5, 5.41) is 6.59. The Bertz CT molecular complexity index is 354. The molecule has 2 rings (SSSR count). The molecule has 1 saturated carbocycles. The third kappa shape index (κ3) is 2.09. The van der Waals surface area contributed by atoms with Crippen LogP contribution in [0.4, 0.5) is 0 Å². The van der Waals surface area contributed by atoms with Crippen LogP contribution in [0.3, 0.4) is 0 Å². The highest BCUT2D eigenvalue weighted by molar-refractivity contribution is 5.86.